The molecule has 0 bridgehead atoms. The fraction of sp³-hybridized carbons (Fsp3) is 0.474. The Hall–Kier alpha value is -2.51. The molecule has 0 saturated heterocycles. The smallest absolute Gasteiger partial charge is 0.357 e. The predicted octanol–water partition coefficient (Wildman–Crippen LogP) is 3.52. The maximum Gasteiger partial charge on any atom is 0.390 e. The summed E-state index contributed by atoms with van der Waals surface area (Å²) >= 11 is 0. The van der Waals surface area contributed by atoms with Crippen molar-refractivity contribution in [2.24, 2.45) is 4.99 Å². The van der Waals surface area contributed by atoms with Gasteiger partial charge in [-0.15, -0.1) is 0 Å². The lowest BCUT2D eigenvalue weighted by Gasteiger charge is -2.12. The molecule has 8 heteroatoms. The highest BCUT2D eigenvalue weighted by Gasteiger charge is 2.26. The molecular weight excluding hydrogens is 355 g/mol. The van der Waals surface area contributed by atoms with Gasteiger partial charge in [0.05, 0.1) is 6.42 Å². The number of nitrogens with one attached hydrogen (secondary N) is 2. The molecule has 2 aromatic rings. The van der Waals surface area contributed by atoms with Gasteiger partial charge in [0, 0.05) is 32.0 Å². The summed E-state index contributed by atoms with van der Waals surface area (Å²) in [4.78, 5) is 8.66. The molecule has 0 saturated carbocycles. The number of guanidine groups is 1. The number of halogens is 3. The largest absolute Gasteiger partial charge is 0.390 e. The molecule has 0 amide bonds. The highest BCUT2D eigenvalue weighted by atomic mass is 19.4. The van der Waals surface area contributed by atoms with E-state index in [0.717, 1.165) is 25.2 Å². The molecule has 1 heterocycles. The molecule has 5 nitrogen and oxygen atoms in total. The molecule has 148 valence electrons. The van der Waals surface area contributed by atoms with Crippen LogP contribution in [0.25, 0.3) is 0 Å². The van der Waals surface area contributed by atoms with E-state index >= 15 is 0 Å². The second-order valence-electron chi connectivity index (χ2n) is 6.11. The van der Waals surface area contributed by atoms with Crippen molar-refractivity contribution >= 4 is 5.96 Å². The van der Waals surface area contributed by atoms with E-state index in [0.29, 0.717) is 19.0 Å². The van der Waals surface area contributed by atoms with Crippen molar-refractivity contribution in [3.05, 3.63) is 54.1 Å². The van der Waals surface area contributed by atoms with E-state index in [1.165, 1.54) is 5.56 Å². The quantitative estimate of drug-likeness (QED) is 0.516. The minimum absolute atomic E-state index is 0.207. The molecule has 0 atom stereocenters. The summed E-state index contributed by atoms with van der Waals surface area (Å²) in [6, 6.07) is 10.3. The van der Waals surface area contributed by atoms with Crippen LogP contribution in [0.3, 0.4) is 0 Å². The second-order valence-corrected chi connectivity index (χ2v) is 6.11. The normalized spacial score (nSPS) is 12.2. The fourth-order valence-corrected chi connectivity index (χ4v) is 2.61. The summed E-state index contributed by atoms with van der Waals surface area (Å²) in [6.07, 6.45) is 0.492. The zero-order valence-electron chi connectivity index (χ0n) is 15.5. The zero-order chi connectivity index (χ0) is 19.5. The van der Waals surface area contributed by atoms with Crippen molar-refractivity contribution in [2.75, 3.05) is 13.1 Å². The first kappa shape index (κ1) is 20.8. The molecule has 27 heavy (non-hydrogen) atoms. The van der Waals surface area contributed by atoms with Crippen molar-refractivity contribution in [3.8, 4) is 0 Å². The van der Waals surface area contributed by atoms with Crippen LogP contribution in [0.1, 0.15) is 31.2 Å². The Bertz CT molecular complexity index is 695. The molecule has 0 fully saturated rings. The van der Waals surface area contributed by atoms with Gasteiger partial charge in [-0.05, 0) is 25.3 Å². The monoisotopic (exact) mass is 381 g/mol. The predicted molar refractivity (Wildman–Crippen MR) is 100 cm³/mol. The Morgan fingerprint density at radius 1 is 1.19 bits per heavy atom. The summed E-state index contributed by atoms with van der Waals surface area (Å²) in [7, 11) is 0. The molecule has 2 N–H and O–H groups in total. The maximum atomic E-state index is 12.3. The van der Waals surface area contributed by atoms with Crippen LogP contribution < -0.4 is 10.6 Å². The molecule has 0 aliphatic rings. The Balaban J connectivity index is 1.85. The van der Waals surface area contributed by atoms with E-state index in [-0.39, 0.29) is 6.54 Å². The lowest BCUT2D eigenvalue weighted by atomic mass is 10.1. The average molecular weight is 381 g/mol. The first-order valence-electron chi connectivity index (χ1n) is 9.11. The van der Waals surface area contributed by atoms with Crippen molar-refractivity contribution in [1.29, 1.82) is 0 Å². The van der Waals surface area contributed by atoms with Gasteiger partial charge in [0.1, 0.15) is 12.4 Å². The summed E-state index contributed by atoms with van der Waals surface area (Å²) in [5, 5.41) is 5.66. The van der Waals surface area contributed by atoms with E-state index in [4.69, 9.17) is 0 Å². The first-order chi connectivity index (χ1) is 13.0. The molecule has 0 aliphatic heterocycles. The third-order valence-corrected chi connectivity index (χ3v) is 3.93. The van der Waals surface area contributed by atoms with Gasteiger partial charge in [0.15, 0.2) is 5.96 Å². The molecule has 0 unspecified atom stereocenters. The summed E-state index contributed by atoms with van der Waals surface area (Å²) in [6.45, 7) is 3.35. The van der Waals surface area contributed by atoms with Crippen LogP contribution in [0.2, 0.25) is 0 Å². The van der Waals surface area contributed by atoms with Gasteiger partial charge in [0.25, 0.3) is 0 Å². The number of hydrogen-bond donors (Lipinski definition) is 2. The number of hydrogen-bond acceptors (Lipinski definition) is 2. The molecular formula is C19H26F3N5. The molecule has 0 spiro atoms. The van der Waals surface area contributed by atoms with Crippen LogP contribution in [-0.4, -0.2) is 34.8 Å². The topological polar surface area (TPSA) is 54.2 Å². The molecule has 2 rings (SSSR count). The highest BCUT2D eigenvalue weighted by molar-refractivity contribution is 5.79. The van der Waals surface area contributed by atoms with Crippen molar-refractivity contribution in [3.63, 3.8) is 0 Å². The lowest BCUT2D eigenvalue weighted by molar-refractivity contribution is -0.132. The van der Waals surface area contributed by atoms with Crippen LogP contribution in [-0.2, 0) is 19.5 Å². The molecule has 1 aromatic carbocycles. The number of imidazole rings is 1. The minimum atomic E-state index is -4.18. The van der Waals surface area contributed by atoms with E-state index in [2.05, 4.69) is 32.7 Å². The number of nitrogens with zero attached hydrogens (tertiary/aromatic N) is 3. The van der Waals surface area contributed by atoms with E-state index < -0.39 is 12.6 Å². The summed E-state index contributed by atoms with van der Waals surface area (Å²) < 4.78 is 38.9. The first-order valence-corrected chi connectivity index (χ1v) is 9.11. The third kappa shape index (κ3) is 8.15. The van der Waals surface area contributed by atoms with Crippen LogP contribution in [0.15, 0.2) is 47.7 Å². The third-order valence-electron chi connectivity index (χ3n) is 3.93. The van der Waals surface area contributed by atoms with Gasteiger partial charge in [-0.25, -0.2) is 9.98 Å². The number of rotatable bonds is 9. The number of aromatic nitrogens is 2. The summed E-state index contributed by atoms with van der Waals surface area (Å²) in [5.41, 5.74) is 1.29. The second kappa shape index (κ2) is 10.6. The highest BCUT2D eigenvalue weighted by Crippen LogP contribution is 2.18. The Kier molecular flexibility index (Phi) is 8.16. The Morgan fingerprint density at radius 3 is 2.67 bits per heavy atom. The van der Waals surface area contributed by atoms with Crippen molar-refractivity contribution in [1.82, 2.24) is 20.2 Å². The molecule has 0 radical (unpaired) electrons. The molecule has 1 aromatic heterocycles. The van der Waals surface area contributed by atoms with E-state index in [1.54, 1.807) is 6.20 Å². The minimum Gasteiger partial charge on any atom is -0.357 e. The summed E-state index contributed by atoms with van der Waals surface area (Å²) in [5.74, 6) is 1.15. The van der Waals surface area contributed by atoms with Crippen LogP contribution >= 0.6 is 0 Å². The van der Waals surface area contributed by atoms with Crippen molar-refractivity contribution < 1.29 is 13.2 Å². The van der Waals surface area contributed by atoms with Gasteiger partial charge >= 0.3 is 6.18 Å². The standard InChI is InChI=1S/C19H26F3N5/c1-2-23-18(25-11-10-19(20,21)22)26-15-17-24-12-14-27(17)13-6-9-16-7-4-3-5-8-16/h3-5,7-8,12,14H,2,6,9-11,13,15H2,1H3,(H2,23,25,26). The van der Waals surface area contributed by atoms with Crippen LogP contribution in [0.4, 0.5) is 13.2 Å². The van der Waals surface area contributed by atoms with E-state index in [1.807, 2.05) is 35.9 Å². The number of alkyl halides is 3. The zero-order valence-corrected chi connectivity index (χ0v) is 15.5. The van der Waals surface area contributed by atoms with Crippen LogP contribution in [0, 0.1) is 0 Å². The maximum absolute atomic E-state index is 12.3. The van der Waals surface area contributed by atoms with E-state index in [9.17, 15) is 13.2 Å². The Morgan fingerprint density at radius 2 is 1.96 bits per heavy atom. The lowest BCUT2D eigenvalue weighted by Crippen LogP contribution is -2.39. The van der Waals surface area contributed by atoms with Crippen LogP contribution in [0.5, 0.6) is 0 Å². The molecule has 0 aliphatic carbocycles. The fourth-order valence-electron chi connectivity index (χ4n) is 2.61. The van der Waals surface area contributed by atoms with Gasteiger partial charge in [0.2, 0.25) is 0 Å². The van der Waals surface area contributed by atoms with Crippen molar-refractivity contribution in [2.45, 2.75) is 45.5 Å². The van der Waals surface area contributed by atoms with Gasteiger partial charge < -0.3 is 15.2 Å². The Labute approximate surface area is 157 Å². The van der Waals surface area contributed by atoms with Gasteiger partial charge in [-0.3, -0.25) is 0 Å². The number of aryl methyl sites for hydroxylation is 2. The van der Waals surface area contributed by atoms with Gasteiger partial charge in [-0.2, -0.15) is 13.2 Å². The number of benzene rings is 1. The SMILES string of the molecule is CCNC(=NCc1nccn1CCCc1ccccc1)NCCC(F)(F)F. The van der Waals surface area contributed by atoms with Gasteiger partial charge in [-0.1, -0.05) is 30.3 Å². The average Bonchev–Trinajstić information content (AvgIpc) is 3.07. The number of aliphatic imine (C=N–C) groups is 1.